The second-order valence-electron chi connectivity index (χ2n) is 13.8. The van der Waals surface area contributed by atoms with E-state index in [0.717, 1.165) is 95.6 Å². The minimum Gasteiger partial charge on any atom is -0.258 e. The van der Waals surface area contributed by atoms with Gasteiger partial charge in [0.2, 0.25) is 0 Å². The molecule has 0 saturated heterocycles. The predicted octanol–water partition coefficient (Wildman–Crippen LogP) is 12.6. The normalized spacial score (nSPS) is 11.0. The van der Waals surface area contributed by atoms with Gasteiger partial charge in [0.25, 0.3) is 0 Å². The molecule has 0 fully saturated rings. The van der Waals surface area contributed by atoms with Crippen LogP contribution in [0.15, 0.2) is 188 Å². The Morgan fingerprint density at radius 2 is 0.696 bits per heavy atom. The summed E-state index contributed by atoms with van der Waals surface area (Å²) in [6.07, 6.45) is 0. The van der Waals surface area contributed by atoms with Gasteiger partial charge < -0.3 is 0 Å². The number of aromatic nitrogens is 5. The van der Waals surface area contributed by atoms with E-state index in [4.69, 9.17) is 24.9 Å². The molecule has 5 heteroatoms. The molecule has 0 amide bonds. The number of hydrogen-bond acceptors (Lipinski definition) is 5. The minimum absolute atomic E-state index is 0.625. The molecule has 9 rings (SSSR count). The highest BCUT2D eigenvalue weighted by molar-refractivity contribution is 5.87. The highest BCUT2D eigenvalue weighted by atomic mass is 14.9. The zero-order chi connectivity index (χ0) is 37.8. The standard InChI is InChI=1S/C51H37N5/c1-34-29-30-44(35(2)52-34)40-25-15-26-41(31-40)46-33-45(36-17-7-3-8-18-36)53-51(54-46)43-28-16-27-42(32-43)50-49(39-23-13-6-14-24-39)55-47(37-19-9-4-10-20-37)48(56-50)38-21-11-5-12-22-38/h3-33H,1-2H3. The van der Waals surface area contributed by atoms with Crippen molar-refractivity contribution in [1.82, 2.24) is 24.9 Å². The van der Waals surface area contributed by atoms with Crippen LogP contribution in [-0.2, 0) is 0 Å². The van der Waals surface area contributed by atoms with Crippen molar-refractivity contribution in [2.45, 2.75) is 13.8 Å². The highest BCUT2D eigenvalue weighted by Crippen LogP contribution is 2.38. The molecule has 0 aliphatic heterocycles. The lowest BCUT2D eigenvalue weighted by Crippen LogP contribution is -2.01. The fraction of sp³-hybridized carbons (Fsp3) is 0.0392. The van der Waals surface area contributed by atoms with Gasteiger partial charge in [-0.15, -0.1) is 0 Å². The van der Waals surface area contributed by atoms with Crippen LogP contribution in [-0.4, -0.2) is 24.9 Å². The first-order valence-electron chi connectivity index (χ1n) is 18.8. The van der Waals surface area contributed by atoms with E-state index < -0.39 is 0 Å². The molecule has 56 heavy (non-hydrogen) atoms. The molecule has 3 heterocycles. The molecule has 6 aromatic carbocycles. The molecule has 0 N–H and O–H groups in total. The number of hydrogen-bond donors (Lipinski definition) is 0. The summed E-state index contributed by atoms with van der Waals surface area (Å²) >= 11 is 0. The van der Waals surface area contributed by atoms with Crippen LogP contribution in [0, 0.1) is 13.8 Å². The molecule has 0 aliphatic rings. The third kappa shape index (κ3) is 7.02. The average Bonchev–Trinajstić information content (AvgIpc) is 3.27. The van der Waals surface area contributed by atoms with Crippen molar-refractivity contribution in [3.63, 3.8) is 0 Å². The maximum absolute atomic E-state index is 5.47. The van der Waals surface area contributed by atoms with Gasteiger partial charge in [-0.3, -0.25) is 4.98 Å². The molecule has 266 valence electrons. The Hall–Kier alpha value is -7.37. The predicted molar refractivity (Wildman–Crippen MR) is 228 cm³/mol. The van der Waals surface area contributed by atoms with E-state index in [0.29, 0.717) is 5.82 Å². The van der Waals surface area contributed by atoms with Gasteiger partial charge in [0, 0.05) is 55.9 Å². The van der Waals surface area contributed by atoms with Gasteiger partial charge in [0.15, 0.2) is 5.82 Å². The number of benzene rings is 6. The van der Waals surface area contributed by atoms with Crippen LogP contribution in [0.1, 0.15) is 11.4 Å². The molecule has 0 bridgehead atoms. The first kappa shape index (κ1) is 34.4. The van der Waals surface area contributed by atoms with E-state index in [1.54, 1.807) is 0 Å². The number of aryl methyl sites for hydroxylation is 2. The topological polar surface area (TPSA) is 64.5 Å². The summed E-state index contributed by atoms with van der Waals surface area (Å²) in [5.41, 5.74) is 15.9. The molecule has 0 spiro atoms. The van der Waals surface area contributed by atoms with Crippen LogP contribution < -0.4 is 0 Å². The molecule has 0 atom stereocenters. The van der Waals surface area contributed by atoms with Gasteiger partial charge >= 0.3 is 0 Å². The molecule has 0 unspecified atom stereocenters. The van der Waals surface area contributed by atoms with Crippen molar-refractivity contribution in [2.75, 3.05) is 0 Å². The second-order valence-corrected chi connectivity index (χ2v) is 13.8. The van der Waals surface area contributed by atoms with Crippen molar-refractivity contribution < 1.29 is 0 Å². The highest BCUT2D eigenvalue weighted by Gasteiger charge is 2.20. The summed E-state index contributed by atoms with van der Waals surface area (Å²) in [5.74, 6) is 0.625. The Balaban J connectivity index is 1.22. The zero-order valence-corrected chi connectivity index (χ0v) is 31.1. The fourth-order valence-electron chi connectivity index (χ4n) is 7.15. The van der Waals surface area contributed by atoms with Crippen molar-refractivity contribution >= 4 is 0 Å². The number of nitrogens with zero attached hydrogens (tertiary/aromatic N) is 5. The summed E-state index contributed by atoms with van der Waals surface area (Å²) in [6.45, 7) is 4.08. The smallest absolute Gasteiger partial charge is 0.160 e. The summed E-state index contributed by atoms with van der Waals surface area (Å²) in [5, 5.41) is 0. The number of pyridine rings is 1. The summed E-state index contributed by atoms with van der Waals surface area (Å²) < 4.78 is 0. The minimum atomic E-state index is 0.625. The van der Waals surface area contributed by atoms with Crippen molar-refractivity contribution in [2.24, 2.45) is 0 Å². The van der Waals surface area contributed by atoms with E-state index in [1.807, 2.05) is 79.7 Å². The Kier molecular flexibility index (Phi) is 9.32. The molecule has 9 aromatic rings. The lowest BCUT2D eigenvalue weighted by Gasteiger charge is -2.16. The quantitative estimate of drug-likeness (QED) is 0.156. The Morgan fingerprint density at radius 1 is 0.286 bits per heavy atom. The first-order chi connectivity index (χ1) is 27.6. The summed E-state index contributed by atoms with van der Waals surface area (Å²) in [4.78, 5) is 26.0. The Morgan fingerprint density at radius 3 is 1.23 bits per heavy atom. The lowest BCUT2D eigenvalue weighted by molar-refractivity contribution is 1.13. The summed E-state index contributed by atoms with van der Waals surface area (Å²) in [6, 6.07) is 64.3. The van der Waals surface area contributed by atoms with Gasteiger partial charge in [-0.05, 0) is 43.7 Å². The van der Waals surface area contributed by atoms with Crippen molar-refractivity contribution in [3.05, 3.63) is 199 Å². The third-order valence-electron chi connectivity index (χ3n) is 9.92. The molecular formula is C51H37N5. The van der Waals surface area contributed by atoms with Gasteiger partial charge in [0.1, 0.15) is 0 Å². The molecule has 0 radical (unpaired) electrons. The van der Waals surface area contributed by atoms with E-state index in [2.05, 4.69) is 122 Å². The molecule has 0 aliphatic carbocycles. The summed E-state index contributed by atoms with van der Waals surface area (Å²) in [7, 11) is 0. The van der Waals surface area contributed by atoms with Crippen LogP contribution in [0.5, 0.6) is 0 Å². The van der Waals surface area contributed by atoms with E-state index >= 15 is 0 Å². The van der Waals surface area contributed by atoms with E-state index in [1.165, 1.54) is 0 Å². The maximum Gasteiger partial charge on any atom is 0.160 e. The van der Waals surface area contributed by atoms with Gasteiger partial charge in [-0.1, -0.05) is 164 Å². The van der Waals surface area contributed by atoms with Crippen LogP contribution in [0.4, 0.5) is 0 Å². The molecular weight excluding hydrogens is 683 g/mol. The van der Waals surface area contributed by atoms with E-state index in [9.17, 15) is 0 Å². The van der Waals surface area contributed by atoms with E-state index in [-0.39, 0.29) is 0 Å². The lowest BCUT2D eigenvalue weighted by atomic mass is 9.98. The Labute approximate surface area is 327 Å². The molecule has 3 aromatic heterocycles. The van der Waals surface area contributed by atoms with Gasteiger partial charge in [0.05, 0.1) is 34.2 Å². The van der Waals surface area contributed by atoms with Crippen LogP contribution in [0.25, 0.3) is 90.1 Å². The number of rotatable bonds is 8. The largest absolute Gasteiger partial charge is 0.258 e. The maximum atomic E-state index is 5.47. The average molecular weight is 720 g/mol. The van der Waals surface area contributed by atoms with Crippen LogP contribution in [0.2, 0.25) is 0 Å². The third-order valence-corrected chi connectivity index (χ3v) is 9.92. The second kappa shape index (κ2) is 15.2. The van der Waals surface area contributed by atoms with Crippen LogP contribution in [0.3, 0.4) is 0 Å². The molecule has 5 nitrogen and oxygen atoms in total. The van der Waals surface area contributed by atoms with Crippen molar-refractivity contribution in [3.8, 4) is 90.1 Å². The van der Waals surface area contributed by atoms with Gasteiger partial charge in [-0.2, -0.15) is 0 Å². The fourth-order valence-corrected chi connectivity index (χ4v) is 7.15. The zero-order valence-electron chi connectivity index (χ0n) is 31.1. The first-order valence-corrected chi connectivity index (χ1v) is 18.8. The van der Waals surface area contributed by atoms with Gasteiger partial charge in [-0.25, -0.2) is 19.9 Å². The molecule has 0 saturated carbocycles. The SMILES string of the molecule is Cc1ccc(-c2cccc(-c3cc(-c4ccccc4)nc(-c4cccc(-c5nc(-c6ccccc6)c(-c6ccccc6)nc5-c5ccccc5)c4)n3)c2)c(C)n1. The monoisotopic (exact) mass is 719 g/mol. The Bertz CT molecular complexity index is 2800. The van der Waals surface area contributed by atoms with Crippen LogP contribution >= 0.6 is 0 Å². The van der Waals surface area contributed by atoms with Crippen molar-refractivity contribution in [1.29, 1.82) is 0 Å².